The van der Waals surface area contributed by atoms with Crippen molar-refractivity contribution in [1.29, 1.82) is 5.26 Å². The van der Waals surface area contributed by atoms with Gasteiger partial charge < -0.3 is 10.0 Å². The van der Waals surface area contributed by atoms with E-state index >= 15 is 0 Å². The first-order valence-corrected chi connectivity index (χ1v) is 9.90. The predicted octanol–water partition coefficient (Wildman–Crippen LogP) is 4.16. The molecule has 1 aromatic carbocycles. The molecule has 1 heterocycles. The highest BCUT2D eigenvalue weighted by Gasteiger charge is 2.29. The topological polar surface area (TPSA) is 64.3 Å². The molecule has 134 valence electrons. The number of unbranched alkanes of at least 4 members (excludes halogenated alkanes) is 4. The fourth-order valence-corrected chi connectivity index (χ4v) is 3.90. The fraction of sp³-hybridized carbons (Fsp3) is 0.500. The van der Waals surface area contributed by atoms with Crippen molar-refractivity contribution in [2.24, 2.45) is 0 Å². The van der Waals surface area contributed by atoms with Crippen LogP contribution in [0.4, 0.5) is 4.79 Å². The van der Waals surface area contributed by atoms with Crippen LogP contribution in [-0.2, 0) is 6.42 Å². The van der Waals surface area contributed by atoms with Crippen LogP contribution in [-0.4, -0.2) is 39.7 Å². The van der Waals surface area contributed by atoms with Crippen molar-refractivity contribution < 1.29 is 9.90 Å². The molecule has 1 aromatic rings. The summed E-state index contributed by atoms with van der Waals surface area (Å²) in [5.74, 6) is 0.752. The number of hydrogen-bond donors (Lipinski definition) is 1. The van der Waals surface area contributed by atoms with Gasteiger partial charge in [-0.1, -0.05) is 67.1 Å². The van der Waals surface area contributed by atoms with Gasteiger partial charge >= 0.3 is 0 Å². The van der Waals surface area contributed by atoms with E-state index in [2.05, 4.69) is 6.07 Å². The van der Waals surface area contributed by atoms with Gasteiger partial charge in [-0.05, 0) is 18.4 Å². The van der Waals surface area contributed by atoms with Gasteiger partial charge in [-0.3, -0.25) is 4.79 Å². The number of nitrogens with zero attached hydrogens (tertiary/aromatic N) is 2. The molecule has 2 atom stereocenters. The Kier molecular flexibility index (Phi) is 8.58. The molecular formula is C20H26N2O2S. The van der Waals surface area contributed by atoms with Crippen molar-refractivity contribution in [2.45, 2.75) is 50.7 Å². The van der Waals surface area contributed by atoms with Gasteiger partial charge in [0, 0.05) is 25.1 Å². The first kappa shape index (κ1) is 19.6. The van der Waals surface area contributed by atoms with Gasteiger partial charge in [-0.25, -0.2) is 0 Å². The Morgan fingerprint density at radius 2 is 2.04 bits per heavy atom. The molecule has 0 aliphatic carbocycles. The maximum Gasteiger partial charge on any atom is 0.282 e. The Morgan fingerprint density at radius 1 is 1.28 bits per heavy atom. The first-order chi connectivity index (χ1) is 12.2. The second kappa shape index (κ2) is 11.0. The minimum Gasteiger partial charge on any atom is -0.389 e. The SMILES string of the molecule is N#CCCCCCCN1C(=O)SC[C@@H]1C=CC(O)Cc1ccccc1. The Bertz CT molecular complexity index is 597. The summed E-state index contributed by atoms with van der Waals surface area (Å²) < 4.78 is 0. The standard InChI is InChI=1S/C20H26N2O2S/c21-13-7-2-1-3-8-14-22-18(16-25-20(22)24)11-12-19(23)15-17-9-5-4-6-10-17/h4-6,9-12,18-19,23H,1-3,7-8,14-16H2/t18-,19?/m0/s1. The van der Waals surface area contributed by atoms with Gasteiger partial charge in [0.25, 0.3) is 5.24 Å². The highest BCUT2D eigenvalue weighted by atomic mass is 32.2. The lowest BCUT2D eigenvalue weighted by atomic mass is 10.1. The lowest BCUT2D eigenvalue weighted by Gasteiger charge is -2.21. The second-order valence-corrected chi connectivity index (χ2v) is 7.27. The Balaban J connectivity index is 1.76. The van der Waals surface area contributed by atoms with Gasteiger partial charge in [-0.15, -0.1) is 0 Å². The number of thioether (sulfide) groups is 1. The number of carbonyl (C=O) groups is 1. The molecule has 0 radical (unpaired) electrons. The van der Waals surface area contributed by atoms with Crippen LogP contribution in [0, 0.1) is 11.3 Å². The molecule has 1 aliphatic rings. The summed E-state index contributed by atoms with van der Waals surface area (Å²) in [6.07, 6.45) is 8.45. The summed E-state index contributed by atoms with van der Waals surface area (Å²) in [6.45, 7) is 0.752. The number of amides is 1. The maximum atomic E-state index is 12.0. The van der Waals surface area contributed by atoms with Crippen molar-refractivity contribution in [3.8, 4) is 6.07 Å². The monoisotopic (exact) mass is 358 g/mol. The highest BCUT2D eigenvalue weighted by molar-refractivity contribution is 8.13. The van der Waals surface area contributed by atoms with Crippen LogP contribution in [0.5, 0.6) is 0 Å². The Morgan fingerprint density at radius 3 is 2.80 bits per heavy atom. The average molecular weight is 359 g/mol. The lowest BCUT2D eigenvalue weighted by molar-refractivity contribution is 0.213. The molecule has 4 nitrogen and oxygen atoms in total. The number of aliphatic hydroxyl groups excluding tert-OH is 1. The van der Waals surface area contributed by atoms with Gasteiger partial charge in [-0.2, -0.15) is 5.26 Å². The normalized spacial score (nSPS) is 18.6. The molecule has 0 aromatic heterocycles. The summed E-state index contributed by atoms with van der Waals surface area (Å²) >= 11 is 1.35. The highest BCUT2D eigenvalue weighted by Crippen LogP contribution is 2.25. The summed E-state index contributed by atoms with van der Waals surface area (Å²) in [5, 5.41) is 18.8. The van der Waals surface area contributed by atoms with E-state index in [1.54, 1.807) is 0 Å². The zero-order valence-corrected chi connectivity index (χ0v) is 15.3. The number of rotatable bonds is 10. The van der Waals surface area contributed by atoms with Gasteiger partial charge in [0.2, 0.25) is 0 Å². The van der Waals surface area contributed by atoms with Crippen LogP contribution in [0.25, 0.3) is 0 Å². The molecule has 0 saturated carbocycles. The molecule has 1 fully saturated rings. The number of benzene rings is 1. The van der Waals surface area contributed by atoms with Gasteiger partial charge in [0.05, 0.1) is 18.2 Å². The van der Waals surface area contributed by atoms with Crippen LogP contribution >= 0.6 is 11.8 Å². The lowest BCUT2D eigenvalue weighted by Crippen LogP contribution is -2.33. The maximum absolute atomic E-state index is 12.0. The Hall–Kier alpha value is -1.77. The van der Waals surface area contributed by atoms with E-state index in [1.807, 2.05) is 47.4 Å². The van der Waals surface area contributed by atoms with Crippen molar-refractivity contribution in [3.05, 3.63) is 48.0 Å². The zero-order chi connectivity index (χ0) is 17.9. The zero-order valence-electron chi connectivity index (χ0n) is 14.5. The van der Waals surface area contributed by atoms with Crippen molar-refractivity contribution in [1.82, 2.24) is 4.90 Å². The third-order valence-corrected chi connectivity index (χ3v) is 5.28. The predicted molar refractivity (Wildman–Crippen MR) is 102 cm³/mol. The molecular weight excluding hydrogens is 332 g/mol. The molecule has 25 heavy (non-hydrogen) atoms. The van der Waals surface area contributed by atoms with Crippen molar-refractivity contribution in [3.63, 3.8) is 0 Å². The van der Waals surface area contributed by atoms with E-state index < -0.39 is 6.10 Å². The Labute approximate surface area is 154 Å². The smallest absolute Gasteiger partial charge is 0.282 e. The van der Waals surface area contributed by atoms with Crippen LogP contribution in [0.3, 0.4) is 0 Å². The molecule has 2 rings (SSSR count). The van der Waals surface area contributed by atoms with Crippen molar-refractivity contribution >= 4 is 17.0 Å². The molecule has 1 N–H and O–H groups in total. The van der Waals surface area contributed by atoms with E-state index in [1.165, 1.54) is 11.8 Å². The largest absolute Gasteiger partial charge is 0.389 e. The number of hydrogen-bond acceptors (Lipinski definition) is 4. The van der Waals surface area contributed by atoms with E-state index in [4.69, 9.17) is 5.26 Å². The van der Waals surface area contributed by atoms with E-state index in [-0.39, 0.29) is 11.3 Å². The number of aliphatic hydroxyl groups is 1. The van der Waals surface area contributed by atoms with Crippen LogP contribution in [0.2, 0.25) is 0 Å². The van der Waals surface area contributed by atoms with Crippen LogP contribution < -0.4 is 0 Å². The molecule has 0 spiro atoms. The summed E-state index contributed by atoms with van der Waals surface area (Å²) in [5.41, 5.74) is 1.10. The molecule has 0 bridgehead atoms. The summed E-state index contributed by atoms with van der Waals surface area (Å²) in [4.78, 5) is 13.9. The van der Waals surface area contributed by atoms with Crippen LogP contribution in [0.1, 0.15) is 37.7 Å². The minimum absolute atomic E-state index is 0.0713. The third-order valence-electron chi connectivity index (χ3n) is 4.29. The second-order valence-electron chi connectivity index (χ2n) is 6.30. The van der Waals surface area contributed by atoms with E-state index in [0.29, 0.717) is 12.8 Å². The summed E-state index contributed by atoms with van der Waals surface area (Å²) in [6, 6.07) is 12.1. The van der Waals surface area contributed by atoms with Gasteiger partial charge in [0.15, 0.2) is 0 Å². The van der Waals surface area contributed by atoms with Crippen molar-refractivity contribution in [2.75, 3.05) is 12.3 Å². The molecule has 1 aliphatic heterocycles. The summed E-state index contributed by atoms with van der Waals surface area (Å²) in [7, 11) is 0. The quantitative estimate of drug-likeness (QED) is 0.504. The molecule has 1 amide bonds. The third kappa shape index (κ3) is 6.93. The average Bonchev–Trinajstić information content (AvgIpc) is 2.97. The van der Waals surface area contributed by atoms with Crippen LogP contribution in [0.15, 0.2) is 42.5 Å². The number of carbonyl (C=O) groups excluding carboxylic acids is 1. The minimum atomic E-state index is -0.532. The van der Waals surface area contributed by atoms with E-state index in [9.17, 15) is 9.90 Å². The van der Waals surface area contributed by atoms with Gasteiger partial charge in [0.1, 0.15) is 0 Å². The molecule has 1 unspecified atom stereocenters. The number of nitriles is 1. The fourth-order valence-electron chi connectivity index (χ4n) is 2.90. The first-order valence-electron chi connectivity index (χ1n) is 8.91. The van der Waals surface area contributed by atoms with E-state index in [0.717, 1.165) is 43.5 Å². The molecule has 5 heteroatoms. The molecule has 1 saturated heterocycles.